The maximum absolute atomic E-state index is 12.6. The van der Waals surface area contributed by atoms with Gasteiger partial charge in [0.05, 0.1) is 13.2 Å². The number of ether oxygens (including phenoxy) is 2. The Balaban J connectivity index is 2.15. The lowest BCUT2D eigenvalue weighted by Gasteiger charge is -2.27. The molecule has 0 unspecified atom stereocenters. The van der Waals surface area contributed by atoms with Crippen LogP contribution in [0, 0.1) is 0 Å². The van der Waals surface area contributed by atoms with Crippen LogP contribution in [-0.2, 0) is 0 Å². The van der Waals surface area contributed by atoms with Crippen molar-refractivity contribution in [1.29, 1.82) is 0 Å². The molecule has 4 nitrogen and oxygen atoms in total. The fourth-order valence-electron chi connectivity index (χ4n) is 2.58. The third-order valence-corrected chi connectivity index (χ3v) is 3.76. The van der Waals surface area contributed by atoms with E-state index in [2.05, 4.69) is 13.8 Å². The van der Waals surface area contributed by atoms with Crippen LogP contribution in [0.25, 0.3) is 0 Å². The number of rotatable bonds is 7. The zero-order chi connectivity index (χ0) is 15.8. The first-order valence-corrected chi connectivity index (χ1v) is 8.45. The highest BCUT2D eigenvalue weighted by Crippen LogP contribution is 2.29. The molecule has 1 amide bonds. The van der Waals surface area contributed by atoms with E-state index in [1.165, 1.54) is 6.42 Å². The molecule has 0 N–H and O–H groups in total. The molecule has 1 aromatic carbocycles. The number of piperidine rings is 1. The number of carbonyl (C=O) groups is 1. The van der Waals surface area contributed by atoms with E-state index in [1.54, 1.807) is 0 Å². The number of likely N-dealkylation sites (tertiary alicyclic amines) is 1. The second-order valence-corrected chi connectivity index (χ2v) is 5.71. The standard InChI is InChI=1S/C18H27NO3/c1-3-12-21-16-9-8-15(14-17(16)22-13-4-2)18(20)19-10-6-5-7-11-19/h8-9,14H,3-7,10-13H2,1-2H3. The highest BCUT2D eigenvalue weighted by molar-refractivity contribution is 5.95. The van der Waals surface area contributed by atoms with Gasteiger partial charge in [-0.3, -0.25) is 4.79 Å². The number of hydrogen-bond donors (Lipinski definition) is 0. The molecule has 0 atom stereocenters. The van der Waals surface area contributed by atoms with E-state index in [0.29, 0.717) is 24.5 Å². The number of benzene rings is 1. The Hall–Kier alpha value is -1.71. The summed E-state index contributed by atoms with van der Waals surface area (Å²) in [4.78, 5) is 14.5. The molecule has 0 bridgehead atoms. The molecule has 1 aliphatic heterocycles. The average molecular weight is 305 g/mol. The molecular weight excluding hydrogens is 278 g/mol. The van der Waals surface area contributed by atoms with Crippen molar-refractivity contribution in [3.8, 4) is 11.5 Å². The van der Waals surface area contributed by atoms with Gasteiger partial charge in [-0.2, -0.15) is 0 Å². The summed E-state index contributed by atoms with van der Waals surface area (Å²) >= 11 is 0. The van der Waals surface area contributed by atoms with Crippen LogP contribution in [0.2, 0.25) is 0 Å². The Morgan fingerprint density at radius 1 is 1.00 bits per heavy atom. The third kappa shape index (κ3) is 4.39. The van der Waals surface area contributed by atoms with Crippen LogP contribution in [0.1, 0.15) is 56.3 Å². The Morgan fingerprint density at radius 3 is 2.27 bits per heavy atom. The molecule has 0 aromatic heterocycles. The van der Waals surface area contributed by atoms with Gasteiger partial charge in [-0.25, -0.2) is 0 Å². The van der Waals surface area contributed by atoms with E-state index in [0.717, 1.165) is 44.5 Å². The van der Waals surface area contributed by atoms with Crippen LogP contribution in [0.15, 0.2) is 18.2 Å². The number of nitrogens with zero attached hydrogens (tertiary/aromatic N) is 1. The summed E-state index contributed by atoms with van der Waals surface area (Å²) < 4.78 is 11.5. The molecule has 0 spiro atoms. The maximum Gasteiger partial charge on any atom is 0.253 e. The lowest BCUT2D eigenvalue weighted by atomic mass is 10.1. The highest BCUT2D eigenvalue weighted by atomic mass is 16.5. The lowest BCUT2D eigenvalue weighted by Crippen LogP contribution is -2.35. The molecular formula is C18H27NO3. The van der Waals surface area contributed by atoms with E-state index in [-0.39, 0.29) is 5.91 Å². The van der Waals surface area contributed by atoms with Gasteiger partial charge in [0.25, 0.3) is 5.91 Å². The van der Waals surface area contributed by atoms with Crippen molar-refractivity contribution >= 4 is 5.91 Å². The molecule has 1 fully saturated rings. The molecule has 0 radical (unpaired) electrons. The second-order valence-electron chi connectivity index (χ2n) is 5.71. The number of hydrogen-bond acceptors (Lipinski definition) is 3. The monoisotopic (exact) mass is 305 g/mol. The van der Waals surface area contributed by atoms with Crippen LogP contribution < -0.4 is 9.47 Å². The summed E-state index contributed by atoms with van der Waals surface area (Å²) in [7, 11) is 0. The molecule has 1 heterocycles. The van der Waals surface area contributed by atoms with Gasteiger partial charge in [0.1, 0.15) is 0 Å². The van der Waals surface area contributed by atoms with E-state index in [1.807, 2.05) is 23.1 Å². The van der Waals surface area contributed by atoms with Crippen molar-refractivity contribution in [2.75, 3.05) is 26.3 Å². The summed E-state index contributed by atoms with van der Waals surface area (Å²) in [6, 6.07) is 5.54. The fraction of sp³-hybridized carbons (Fsp3) is 0.611. The van der Waals surface area contributed by atoms with Crippen LogP contribution in [-0.4, -0.2) is 37.1 Å². The summed E-state index contributed by atoms with van der Waals surface area (Å²) in [6.07, 6.45) is 5.29. The zero-order valence-electron chi connectivity index (χ0n) is 13.8. The molecule has 1 aromatic rings. The molecule has 4 heteroatoms. The van der Waals surface area contributed by atoms with Gasteiger partial charge in [0, 0.05) is 18.7 Å². The topological polar surface area (TPSA) is 38.8 Å². The summed E-state index contributed by atoms with van der Waals surface area (Å²) in [5, 5.41) is 0. The zero-order valence-corrected chi connectivity index (χ0v) is 13.8. The third-order valence-electron chi connectivity index (χ3n) is 3.76. The molecule has 1 aliphatic rings. The molecule has 22 heavy (non-hydrogen) atoms. The first kappa shape index (κ1) is 16.7. The van der Waals surface area contributed by atoms with Gasteiger partial charge in [-0.05, 0) is 50.3 Å². The normalized spacial score (nSPS) is 14.7. The predicted octanol–water partition coefficient (Wildman–Crippen LogP) is 3.89. The van der Waals surface area contributed by atoms with E-state index in [4.69, 9.17) is 9.47 Å². The minimum Gasteiger partial charge on any atom is -0.490 e. The van der Waals surface area contributed by atoms with E-state index < -0.39 is 0 Å². The molecule has 122 valence electrons. The summed E-state index contributed by atoms with van der Waals surface area (Å²) in [5.41, 5.74) is 0.692. The molecule has 2 rings (SSSR count). The molecule has 0 saturated carbocycles. The van der Waals surface area contributed by atoms with Gasteiger partial charge in [-0.1, -0.05) is 13.8 Å². The first-order valence-electron chi connectivity index (χ1n) is 8.45. The van der Waals surface area contributed by atoms with Gasteiger partial charge in [0.2, 0.25) is 0 Å². The number of amides is 1. The van der Waals surface area contributed by atoms with Crippen LogP contribution >= 0.6 is 0 Å². The predicted molar refractivity (Wildman–Crippen MR) is 87.8 cm³/mol. The Labute approximate surface area is 133 Å². The SMILES string of the molecule is CCCOc1ccc(C(=O)N2CCCCC2)cc1OCCC. The van der Waals surface area contributed by atoms with Gasteiger partial charge < -0.3 is 14.4 Å². The van der Waals surface area contributed by atoms with Crippen molar-refractivity contribution in [3.05, 3.63) is 23.8 Å². The summed E-state index contributed by atoms with van der Waals surface area (Å²) in [6.45, 7) is 7.14. The highest BCUT2D eigenvalue weighted by Gasteiger charge is 2.19. The minimum absolute atomic E-state index is 0.100. The smallest absolute Gasteiger partial charge is 0.253 e. The van der Waals surface area contributed by atoms with Crippen molar-refractivity contribution in [1.82, 2.24) is 4.90 Å². The van der Waals surface area contributed by atoms with Crippen molar-refractivity contribution in [3.63, 3.8) is 0 Å². The quantitative estimate of drug-likeness (QED) is 0.767. The summed E-state index contributed by atoms with van der Waals surface area (Å²) in [5.74, 6) is 1.51. The second kappa shape index (κ2) is 8.66. The lowest BCUT2D eigenvalue weighted by molar-refractivity contribution is 0.0723. The van der Waals surface area contributed by atoms with Gasteiger partial charge >= 0.3 is 0 Å². The van der Waals surface area contributed by atoms with Crippen LogP contribution in [0.3, 0.4) is 0 Å². The Kier molecular flexibility index (Phi) is 6.56. The largest absolute Gasteiger partial charge is 0.490 e. The van der Waals surface area contributed by atoms with Crippen LogP contribution in [0.4, 0.5) is 0 Å². The van der Waals surface area contributed by atoms with Gasteiger partial charge in [0.15, 0.2) is 11.5 Å². The maximum atomic E-state index is 12.6. The minimum atomic E-state index is 0.100. The van der Waals surface area contributed by atoms with E-state index >= 15 is 0 Å². The fourth-order valence-corrected chi connectivity index (χ4v) is 2.58. The Bertz CT molecular complexity index is 481. The van der Waals surface area contributed by atoms with Crippen LogP contribution in [0.5, 0.6) is 11.5 Å². The van der Waals surface area contributed by atoms with Crippen molar-refractivity contribution < 1.29 is 14.3 Å². The van der Waals surface area contributed by atoms with E-state index in [9.17, 15) is 4.79 Å². The van der Waals surface area contributed by atoms with Gasteiger partial charge in [-0.15, -0.1) is 0 Å². The average Bonchev–Trinajstić information content (AvgIpc) is 2.58. The first-order chi connectivity index (χ1) is 10.8. The van der Waals surface area contributed by atoms with Crippen molar-refractivity contribution in [2.45, 2.75) is 46.0 Å². The Morgan fingerprint density at radius 2 is 1.64 bits per heavy atom. The molecule has 0 aliphatic carbocycles. The molecule has 1 saturated heterocycles. The van der Waals surface area contributed by atoms with Crippen molar-refractivity contribution in [2.24, 2.45) is 0 Å². The number of carbonyl (C=O) groups excluding carboxylic acids is 1.